The van der Waals surface area contributed by atoms with Crippen molar-refractivity contribution in [1.82, 2.24) is 10.0 Å². The van der Waals surface area contributed by atoms with Crippen molar-refractivity contribution in [3.8, 4) is 0 Å². The average molecular weight is 389 g/mol. The van der Waals surface area contributed by atoms with Crippen LogP contribution in [0.3, 0.4) is 0 Å². The Bertz CT molecular complexity index is 969. The predicted molar refractivity (Wildman–Crippen MR) is 104 cm³/mol. The summed E-state index contributed by atoms with van der Waals surface area (Å²) in [6, 6.07) is 10.6. The third kappa shape index (κ3) is 4.93. The van der Waals surface area contributed by atoms with Crippen molar-refractivity contribution in [2.24, 2.45) is 0 Å². The van der Waals surface area contributed by atoms with Crippen molar-refractivity contribution in [1.29, 1.82) is 0 Å². The maximum Gasteiger partial charge on any atom is 0.255 e. The second-order valence-electron chi connectivity index (χ2n) is 6.33. The van der Waals surface area contributed by atoms with E-state index in [2.05, 4.69) is 15.4 Å². The largest absolute Gasteiger partial charge is 0.355 e. The molecule has 0 heterocycles. The number of rotatable bonds is 6. The molecule has 0 aliphatic rings. The van der Waals surface area contributed by atoms with Gasteiger partial charge < -0.3 is 10.6 Å². The number of nitrogens with one attached hydrogen (secondary N) is 3. The highest BCUT2D eigenvalue weighted by Gasteiger charge is 2.19. The number of benzene rings is 2. The van der Waals surface area contributed by atoms with E-state index in [0.717, 1.165) is 0 Å². The standard InChI is InChI=1S/C19H23N3O4S/c1-12(2)22-27(25,26)15-9-6-8-14(11-15)18(23)21-16-10-5-7-13(3)17(16)19(24)20-4/h5-12,22H,1-4H3,(H,20,24)(H,21,23). The SMILES string of the molecule is CNC(=O)c1c(C)cccc1NC(=O)c1cccc(S(=O)(=O)NC(C)C)c1. The molecule has 0 unspecified atom stereocenters. The van der Waals surface area contributed by atoms with E-state index in [4.69, 9.17) is 0 Å². The zero-order valence-electron chi connectivity index (χ0n) is 15.7. The average Bonchev–Trinajstić information content (AvgIpc) is 2.60. The van der Waals surface area contributed by atoms with E-state index in [0.29, 0.717) is 16.8 Å². The molecular formula is C19H23N3O4S. The number of aryl methyl sites for hydroxylation is 1. The van der Waals surface area contributed by atoms with Gasteiger partial charge in [-0.25, -0.2) is 13.1 Å². The van der Waals surface area contributed by atoms with Crippen molar-refractivity contribution in [3.05, 3.63) is 59.2 Å². The van der Waals surface area contributed by atoms with Crippen LogP contribution in [-0.4, -0.2) is 33.3 Å². The van der Waals surface area contributed by atoms with E-state index in [1.165, 1.54) is 31.3 Å². The molecule has 0 atom stereocenters. The van der Waals surface area contributed by atoms with Crippen LogP contribution >= 0.6 is 0 Å². The molecule has 3 N–H and O–H groups in total. The van der Waals surface area contributed by atoms with Crippen LogP contribution in [0.25, 0.3) is 0 Å². The normalized spacial score (nSPS) is 11.3. The van der Waals surface area contributed by atoms with Gasteiger partial charge in [-0.2, -0.15) is 0 Å². The summed E-state index contributed by atoms with van der Waals surface area (Å²) < 4.78 is 27.1. The number of amides is 2. The van der Waals surface area contributed by atoms with Gasteiger partial charge >= 0.3 is 0 Å². The van der Waals surface area contributed by atoms with E-state index >= 15 is 0 Å². The fourth-order valence-corrected chi connectivity index (χ4v) is 3.87. The summed E-state index contributed by atoms with van der Waals surface area (Å²) in [7, 11) is -2.20. The van der Waals surface area contributed by atoms with E-state index in [1.807, 2.05) is 0 Å². The molecule has 27 heavy (non-hydrogen) atoms. The summed E-state index contributed by atoms with van der Waals surface area (Å²) in [6.45, 7) is 5.20. The summed E-state index contributed by atoms with van der Waals surface area (Å²) in [5, 5.41) is 5.23. The van der Waals surface area contributed by atoms with Crippen molar-refractivity contribution >= 4 is 27.5 Å². The summed E-state index contributed by atoms with van der Waals surface area (Å²) >= 11 is 0. The fraction of sp³-hybridized carbons (Fsp3) is 0.263. The Morgan fingerprint density at radius 2 is 1.67 bits per heavy atom. The molecule has 7 nitrogen and oxygen atoms in total. The Hall–Kier alpha value is -2.71. The molecule has 2 rings (SSSR count). The van der Waals surface area contributed by atoms with E-state index < -0.39 is 15.9 Å². The number of sulfonamides is 1. The highest BCUT2D eigenvalue weighted by molar-refractivity contribution is 7.89. The molecule has 0 aromatic heterocycles. The molecule has 0 fully saturated rings. The van der Waals surface area contributed by atoms with Gasteiger partial charge in [-0.1, -0.05) is 18.2 Å². The van der Waals surface area contributed by atoms with Crippen molar-refractivity contribution in [2.75, 3.05) is 12.4 Å². The van der Waals surface area contributed by atoms with Crippen LogP contribution in [0.5, 0.6) is 0 Å². The Morgan fingerprint density at radius 1 is 1.00 bits per heavy atom. The van der Waals surface area contributed by atoms with Gasteiger partial charge in [0.05, 0.1) is 16.1 Å². The quantitative estimate of drug-likeness (QED) is 0.705. The van der Waals surface area contributed by atoms with Crippen LogP contribution in [0, 0.1) is 6.92 Å². The molecular weight excluding hydrogens is 366 g/mol. The lowest BCUT2D eigenvalue weighted by Gasteiger charge is -2.13. The molecule has 0 radical (unpaired) electrons. The van der Waals surface area contributed by atoms with Crippen LogP contribution in [0.4, 0.5) is 5.69 Å². The molecule has 2 aromatic rings. The molecule has 144 valence electrons. The molecule has 0 saturated carbocycles. The van der Waals surface area contributed by atoms with E-state index in [1.54, 1.807) is 39.0 Å². The summed E-state index contributed by atoms with van der Waals surface area (Å²) in [5.74, 6) is -0.826. The lowest BCUT2D eigenvalue weighted by atomic mass is 10.1. The van der Waals surface area contributed by atoms with Crippen LogP contribution < -0.4 is 15.4 Å². The van der Waals surface area contributed by atoms with Crippen LogP contribution in [0.2, 0.25) is 0 Å². The molecule has 0 aliphatic heterocycles. The smallest absolute Gasteiger partial charge is 0.255 e. The first-order chi connectivity index (χ1) is 12.7. The topological polar surface area (TPSA) is 104 Å². The van der Waals surface area contributed by atoms with Gasteiger partial charge in [0.2, 0.25) is 10.0 Å². The first-order valence-electron chi connectivity index (χ1n) is 8.41. The minimum atomic E-state index is -3.71. The minimum Gasteiger partial charge on any atom is -0.355 e. The summed E-state index contributed by atoms with van der Waals surface area (Å²) in [4.78, 5) is 24.7. The fourth-order valence-electron chi connectivity index (χ4n) is 2.58. The molecule has 2 aromatic carbocycles. The van der Waals surface area contributed by atoms with Crippen LogP contribution in [0.15, 0.2) is 47.4 Å². The Labute approximate surface area is 159 Å². The van der Waals surface area contributed by atoms with Gasteiger partial charge in [0.15, 0.2) is 0 Å². The first-order valence-corrected chi connectivity index (χ1v) is 9.89. The van der Waals surface area contributed by atoms with Gasteiger partial charge in [0.1, 0.15) is 0 Å². The summed E-state index contributed by atoms with van der Waals surface area (Å²) in [6.07, 6.45) is 0. The van der Waals surface area contributed by atoms with Crippen molar-refractivity contribution in [2.45, 2.75) is 31.7 Å². The number of carbonyl (C=O) groups excluding carboxylic acids is 2. The number of hydrogen-bond acceptors (Lipinski definition) is 4. The Morgan fingerprint density at radius 3 is 2.30 bits per heavy atom. The predicted octanol–water partition coefficient (Wildman–Crippen LogP) is 2.29. The Balaban J connectivity index is 2.35. The number of carbonyl (C=O) groups is 2. The number of hydrogen-bond donors (Lipinski definition) is 3. The van der Waals surface area contributed by atoms with Crippen molar-refractivity contribution in [3.63, 3.8) is 0 Å². The molecule has 0 bridgehead atoms. The second kappa shape index (κ2) is 8.32. The van der Waals surface area contributed by atoms with E-state index in [9.17, 15) is 18.0 Å². The molecule has 0 aliphatic carbocycles. The lowest BCUT2D eigenvalue weighted by Crippen LogP contribution is -2.30. The zero-order chi connectivity index (χ0) is 20.2. The highest BCUT2D eigenvalue weighted by Crippen LogP contribution is 2.21. The monoisotopic (exact) mass is 389 g/mol. The first kappa shape index (κ1) is 20.6. The molecule has 2 amide bonds. The molecule has 0 saturated heterocycles. The Kier molecular flexibility index (Phi) is 6.35. The van der Waals surface area contributed by atoms with Gasteiger partial charge in [-0.05, 0) is 50.6 Å². The van der Waals surface area contributed by atoms with Crippen LogP contribution in [0.1, 0.15) is 40.1 Å². The van der Waals surface area contributed by atoms with Crippen molar-refractivity contribution < 1.29 is 18.0 Å². The van der Waals surface area contributed by atoms with E-state index in [-0.39, 0.29) is 22.4 Å². The van der Waals surface area contributed by atoms with Gasteiger partial charge in [-0.15, -0.1) is 0 Å². The maximum absolute atomic E-state index is 12.6. The minimum absolute atomic E-state index is 0.000355. The van der Waals surface area contributed by atoms with Gasteiger partial charge in [-0.3, -0.25) is 9.59 Å². The summed E-state index contributed by atoms with van der Waals surface area (Å²) in [5.41, 5.74) is 1.60. The second-order valence-corrected chi connectivity index (χ2v) is 8.05. The van der Waals surface area contributed by atoms with Crippen LogP contribution in [-0.2, 0) is 10.0 Å². The molecule has 0 spiro atoms. The highest BCUT2D eigenvalue weighted by atomic mass is 32.2. The van der Waals surface area contributed by atoms with Gasteiger partial charge in [0, 0.05) is 18.7 Å². The third-order valence-electron chi connectivity index (χ3n) is 3.77. The third-order valence-corrected chi connectivity index (χ3v) is 5.43. The maximum atomic E-state index is 12.6. The van der Waals surface area contributed by atoms with Gasteiger partial charge in [0.25, 0.3) is 11.8 Å². The zero-order valence-corrected chi connectivity index (χ0v) is 16.5. The number of anilines is 1. The lowest BCUT2D eigenvalue weighted by molar-refractivity contribution is 0.0963. The molecule has 8 heteroatoms.